The first-order chi connectivity index (χ1) is 10.2. The summed E-state index contributed by atoms with van der Waals surface area (Å²) in [6.45, 7) is 2.75. The second-order valence-corrected chi connectivity index (χ2v) is 5.91. The van der Waals surface area contributed by atoms with Gasteiger partial charge in [0.15, 0.2) is 0 Å². The van der Waals surface area contributed by atoms with Crippen molar-refractivity contribution in [3.63, 3.8) is 0 Å². The number of hydrogen-bond acceptors (Lipinski definition) is 4. The van der Waals surface area contributed by atoms with Gasteiger partial charge in [-0.1, -0.05) is 43.2 Å². The lowest BCUT2D eigenvalue weighted by Gasteiger charge is -2.29. The van der Waals surface area contributed by atoms with Gasteiger partial charge < -0.3 is 20.3 Å². The van der Waals surface area contributed by atoms with Gasteiger partial charge in [-0.05, 0) is 25.3 Å². The second-order valence-electron chi connectivity index (χ2n) is 5.91. The molecule has 4 heteroatoms. The molecule has 118 valence electrons. The minimum Gasteiger partial charge on any atom is -0.392 e. The van der Waals surface area contributed by atoms with Gasteiger partial charge in [-0.15, -0.1) is 0 Å². The number of ether oxygens (including phenoxy) is 1. The van der Waals surface area contributed by atoms with Crippen molar-refractivity contribution in [1.82, 2.24) is 5.32 Å². The van der Waals surface area contributed by atoms with E-state index >= 15 is 0 Å². The molecule has 21 heavy (non-hydrogen) atoms. The van der Waals surface area contributed by atoms with Crippen molar-refractivity contribution in [2.24, 2.45) is 0 Å². The molecule has 0 aromatic heterocycles. The number of aliphatic hydroxyl groups is 2. The molecule has 1 aromatic carbocycles. The standard InChI is InChI=1S/C17H27NO3/c1-13(14-7-3-2-4-8-14)21-12-15(19)11-18-16-9-5-6-10-17(16)20/h2-4,7-8,13,15-20H,5-6,9-12H2,1H3. The fourth-order valence-corrected chi connectivity index (χ4v) is 2.77. The zero-order valence-electron chi connectivity index (χ0n) is 12.7. The molecule has 0 spiro atoms. The Morgan fingerprint density at radius 2 is 1.95 bits per heavy atom. The van der Waals surface area contributed by atoms with Crippen molar-refractivity contribution in [2.45, 2.75) is 57.0 Å². The summed E-state index contributed by atoms with van der Waals surface area (Å²) >= 11 is 0. The van der Waals surface area contributed by atoms with E-state index in [1.54, 1.807) is 0 Å². The third-order valence-corrected chi connectivity index (χ3v) is 4.15. The minimum atomic E-state index is -0.551. The van der Waals surface area contributed by atoms with Gasteiger partial charge in [0.1, 0.15) is 0 Å². The van der Waals surface area contributed by atoms with E-state index in [4.69, 9.17) is 4.74 Å². The van der Waals surface area contributed by atoms with Crippen molar-refractivity contribution in [3.05, 3.63) is 35.9 Å². The largest absolute Gasteiger partial charge is 0.392 e. The van der Waals surface area contributed by atoms with Crippen molar-refractivity contribution in [1.29, 1.82) is 0 Å². The first-order valence-corrected chi connectivity index (χ1v) is 7.93. The summed E-state index contributed by atoms with van der Waals surface area (Å²) in [5.41, 5.74) is 1.11. The number of nitrogens with one attached hydrogen (secondary N) is 1. The molecule has 0 amide bonds. The van der Waals surface area contributed by atoms with E-state index in [1.165, 1.54) is 0 Å². The van der Waals surface area contributed by atoms with Crippen LogP contribution in [-0.2, 0) is 4.74 Å². The van der Waals surface area contributed by atoms with Crippen LogP contribution in [0.15, 0.2) is 30.3 Å². The summed E-state index contributed by atoms with van der Waals surface area (Å²) in [5.74, 6) is 0. The average Bonchev–Trinajstić information content (AvgIpc) is 2.52. The molecule has 1 saturated carbocycles. The predicted octanol–water partition coefficient (Wildman–Crippen LogP) is 2.02. The molecule has 0 heterocycles. The number of rotatable bonds is 7. The Hall–Kier alpha value is -0.940. The maximum atomic E-state index is 9.99. The van der Waals surface area contributed by atoms with Gasteiger partial charge in [-0.25, -0.2) is 0 Å². The van der Waals surface area contributed by atoms with Crippen LogP contribution >= 0.6 is 0 Å². The molecule has 1 fully saturated rings. The van der Waals surface area contributed by atoms with Gasteiger partial charge in [0.05, 0.1) is 24.9 Å². The molecule has 4 atom stereocenters. The van der Waals surface area contributed by atoms with Gasteiger partial charge in [-0.3, -0.25) is 0 Å². The van der Waals surface area contributed by atoms with Crippen LogP contribution in [0.3, 0.4) is 0 Å². The van der Waals surface area contributed by atoms with Crippen LogP contribution in [0.2, 0.25) is 0 Å². The monoisotopic (exact) mass is 293 g/mol. The van der Waals surface area contributed by atoms with Crippen LogP contribution in [0.25, 0.3) is 0 Å². The Labute approximate surface area is 127 Å². The van der Waals surface area contributed by atoms with E-state index in [9.17, 15) is 10.2 Å². The van der Waals surface area contributed by atoms with Crippen molar-refractivity contribution in [3.8, 4) is 0 Å². The van der Waals surface area contributed by atoms with E-state index < -0.39 is 6.10 Å². The lowest BCUT2D eigenvalue weighted by atomic mass is 9.92. The Balaban J connectivity index is 1.66. The molecule has 4 nitrogen and oxygen atoms in total. The Morgan fingerprint density at radius 1 is 1.24 bits per heavy atom. The topological polar surface area (TPSA) is 61.7 Å². The second kappa shape index (κ2) is 8.49. The zero-order chi connectivity index (χ0) is 15.1. The van der Waals surface area contributed by atoms with Crippen LogP contribution in [0.4, 0.5) is 0 Å². The molecular formula is C17H27NO3. The van der Waals surface area contributed by atoms with Crippen LogP contribution in [0.1, 0.15) is 44.3 Å². The molecule has 1 aliphatic rings. The van der Waals surface area contributed by atoms with Crippen LogP contribution in [0, 0.1) is 0 Å². The van der Waals surface area contributed by atoms with Crippen LogP contribution < -0.4 is 5.32 Å². The van der Waals surface area contributed by atoms with Gasteiger partial charge in [0.2, 0.25) is 0 Å². The quantitative estimate of drug-likeness (QED) is 0.720. The highest BCUT2D eigenvalue weighted by atomic mass is 16.5. The minimum absolute atomic E-state index is 0.0267. The normalized spacial score (nSPS) is 25.5. The van der Waals surface area contributed by atoms with E-state index in [1.807, 2.05) is 37.3 Å². The molecule has 0 bridgehead atoms. The maximum Gasteiger partial charge on any atom is 0.0898 e. The highest BCUT2D eigenvalue weighted by Crippen LogP contribution is 2.18. The fourth-order valence-electron chi connectivity index (χ4n) is 2.77. The van der Waals surface area contributed by atoms with Gasteiger partial charge in [0, 0.05) is 12.6 Å². The molecule has 1 aromatic rings. The first-order valence-electron chi connectivity index (χ1n) is 7.93. The van der Waals surface area contributed by atoms with Crippen molar-refractivity contribution in [2.75, 3.05) is 13.2 Å². The van der Waals surface area contributed by atoms with E-state index in [0.29, 0.717) is 13.2 Å². The predicted molar refractivity (Wildman–Crippen MR) is 83.1 cm³/mol. The van der Waals surface area contributed by atoms with Gasteiger partial charge in [-0.2, -0.15) is 0 Å². The highest BCUT2D eigenvalue weighted by Gasteiger charge is 2.23. The van der Waals surface area contributed by atoms with Crippen molar-refractivity contribution < 1.29 is 14.9 Å². The molecule has 0 radical (unpaired) electrons. The number of benzene rings is 1. The third-order valence-electron chi connectivity index (χ3n) is 4.15. The third kappa shape index (κ3) is 5.40. The van der Waals surface area contributed by atoms with Crippen molar-refractivity contribution >= 4 is 0 Å². The first kappa shape index (κ1) is 16.4. The maximum absolute atomic E-state index is 9.99. The van der Waals surface area contributed by atoms with E-state index in [2.05, 4.69) is 5.32 Å². The molecule has 1 aliphatic carbocycles. The van der Waals surface area contributed by atoms with E-state index in [0.717, 1.165) is 31.2 Å². The average molecular weight is 293 g/mol. The molecule has 3 N–H and O–H groups in total. The molecule has 2 rings (SSSR count). The smallest absolute Gasteiger partial charge is 0.0898 e. The lowest BCUT2D eigenvalue weighted by molar-refractivity contribution is -0.00635. The number of aliphatic hydroxyl groups excluding tert-OH is 2. The van der Waals surface area contributed by atoms with Crippen LogP contribution in [0.5, 0.6) is 0 Å². The van der Waals surface area contributed by atoms with Gasteiger partial charge >= 0.3 is 0 Å². The van der Waals surface area contributed by atoms with E-state index in [-0.39, 0.29) is 18.2 Å². The summed E-state index contributed by atoms with van der Waals surface area (Å²) in [4.78, 5) is 0. The SMILES string of the molecule is CC(OCC(O)CNC1CCCCC1O)c1ccccc1. The van der Waals surface area contributed by atoms with Gasteiger partial charge in [0.25, 0.3) is 0 Å². The Bertz CT molecular complexity index is 398. The molecule has 0 aliphatic heterocycles. The summed E-state index contributed by atoms with van der Waals surface area (Å²) in [7, 11) is 0. The Kier molecular flexibility index (Phi) is 6.64. The molecule has 4 unspecified atom stereocenters. The molecular weight excluding hydrogens is 266 g/mol. The summed E-state index contributed by atoms with van der Waals surface area (Å²) < 4.78 is 5.70. The highest BCUT2D eigenvalue weighted by molar-refractivity contribution is 5.16. The Morgan fingerprint density at radius 3 is 2.67 bits per heavy atom. The van der Waals surface area contributed by atoms with Crippen LogP contribution in [-0.4, -0.2) is 41.6 Å². The summed E-state index contributed by atoms with van der Waals surface area (Å²) in [6.07, 6.45) is 3.22. The zero-order valence-corrected chi connectivity index (χ0v) is 12.7. The summed E-state index contributed by atoms with van der Waals surface area (Å²) in [5, 5.41) is 23.1. The molecule has 0 saturated heterocycles. The number of hydrogen-bond donors (Lipinski definition) is 3. The lowest BCUT2D eigenvalue weighted by Crippen LogP contribution is -2.45. The fraction of sp³-hybridized carbons (Fsp3) is 0.647. The summed E-state index contributed by atoms with van der Waals surface area (Å²) in [6, 6.07) is 10.1.